The zero-order chi connectivity index (χ0) is 13.4. The molecule has 0 saturated heterocycles. The number of rotatable bonds is 7. The van der Waals surface area contributed by atoms with Gasteiger partial charge in [-0.05, 0) is 26.3 Å². The maximum absolute atomic E-state index is 11.9. The van der Waals surface area contributed by atoms with Crippen LogP contribution in [0.4, 0.5) is 5.69 Å². The number of aromatic nitrogens is 1. The molecule has 100 valence electrons. The molecule has 0 atom stereocenters. The molecule has 0 bridgehead atoms. The number of carbonyl (C=O) groups is 1. The zero-order valence-electron chi connectivity index (χ0n) is 11.5. The van der Waals surface area contributed by atoms with Crippen molar-refractivity contribution in [3.63, 3.8) is 0 Å². The first-order valence-corrected chi connectivity index (χ1v) is 6.63. The van der Waals surface area contributed by atoms with Crippen molar-refractivity contribution in [1.82, 2.24) is 10.3 Å². The molecule has 1 aromatic heterocycles. The van der Waals surface area contributed by atoms with Gasteiger partial charge in [0.25, 0.3) is 5.91 Å². The molecule has 1 rings (SSSR count). The van der Waals surface area contributed by atoms with Crippen LogP contribution in [-0.4, -0.2) is 23.5 Å². The summed E-state index contributed by atoms with van der Waals surface area (Å²) >= 11 is 0. The van der Waals surface area contributed by atoms with Gasteiger partial charge in [0.1, 0.15) is 0 Å². The van der Waals surface area contributed by atoms with Crippen LogP contribution in [0.2, 0.25) is 0 Å². The smallest absolute Gasteiger partial charge is 0.252 e. The lowest BCUT2D eigenvalue weighted by Gasteiger charge is -2.10. The van der Waals surface area contributed by atoms with Gasteiger partial charge in [-0.25, -0.2) is 0 Å². The minimum atomic E-state index is -0.0500. The average molecular weight is 249 g/mol. The largest absolute Gasteiger partial charge is 0.382 e. The first kappa shape index (κ1) is 14.5. The Morgan fingerprint density at radius 3 is 2.78 bits per heavy atom. The Hall–Kier alpha value is -1.58. The highest BCUT2D eigenvalue weighted by molar-refractivity contribution is 5.94. The number of anilines is 1. The number of carbonyl (C=O) groups excluding carboxylic acids is 1. The molecule has 4 heteroatoms. The molecule has 1 amide bonds. The van der Waals surface area contributed by atoms with Crippen LogP contribution in [0.3, 0.4) is 0 Å². The topological polar surface area (TPSA) is 54.0 Å². The van der Waals surface area contributed by atoms with Gasteiger partial charge >= 0.3 is 0 Å². The van der Waals surface area contributed by atoms with Crippen LogP contribution < -0.4 is 10.6 Å². The fraction of sp³-hybridized carbons (Fsp3) is 0.571. The van der Waals surface area contributed by atoms with Crippen molar-refractivity contribution in [1.29, 1.82) is 0 Å². The highest BCUT2D eigenvalue weighted by Gasteiger charge is 2.06. The summed E-state index contributed by atoms with van der Waals surface area (Å²) in [5.74, 6) is -0.0500. The molecule has 0 fully saturated rings. The monoisotopic (exact) mass is 249 g/mol. The Morgan fingerprint density at radius 2 is 2.11 bits per heavy atom. The third-order valence-electron chi connectivity index (χ3n) is 2.52. The number of nitrogens with zero attached hydrogens (tertiary/aromatic N) is 1. The van der Waals surface area contributed by atoms with Crippen LogP contribution in [-0.2, 0) is 0 Å². The minimum Gasteiger partial charge on any atom is -0.382 e. The van der Waals surface area contributed by atoms with Crippen LogP contribution >= 0.6 is 0 Å². The number of unbranched alkanes of at least 4 members (excludes halogenated alkanes) is 2. The summed E-state index contributed by atoms with van der Waals surface area (Å²) < 4.78 is 0. The first-order chi connectivity index (χ1) is 8.63. The maximum atomic E-state index is 11.9. The molecule has 2 N–H and O–H groups in total. The third kappa shape index (κ3) is 5.17. The fourth-order valence-electron chi connectivity index (χ4n) is 1.66. The third-order valence-corrected chi connectivity index (χ3v) is 2.52. The summed E-state index contributed by atoms with van der Waals surface area (Å²) in [7, 11) is 0. The number of pyridine rings is 1. The van der Waals surface area contributed by atoms with Crippen LogP contribution in [0.1, 0.15) is 50.4 Å². The van der Waals surface area contributed by atoms with Crippen LogP contribution in [0.25, 0.3) is 0 Å². The van der Waals surface area contributed by atoms with Crippen molar-refractivity contribution in [2.75, 3.05) is 11.9 Å². The van der Waals surface area contributed by atoms with Gasteiger partial charge in [-0.1, -0.05) is 19.8 Å². The van der Waals surface area contributed by atoms with E-state index in [1.807, 2.05) is 6.07 Å². The predicted octanol–water partition coefficient (Wildman–Crippen LogP) is 2.82. The van der Waals surface area contributed by atoms with Crippen LogP contribution in [0.5, 0.6) is 0 Å². The molecular formula is C14H23N3O. The summed E-state index contributed by atoms with van der Waals surface area (Å²) in [6.07, 6.45) is 6.66. The van der Waals surface area contributed by atoms with Crippen molar-refractivity contribution >= 4 is 11.6 Å². The van der Waals surface area contributed by atoms with E-state index < -0.39 is 0 Å². The Labute approximate surface area is 109 Å². The van der Waals surface area contributed by atoms with Crippen molar-refractivity contribution in [3.05, 3.63) is 24.0 Å². The molecule has 0 aliphatic heterocycles. The molecule has 0 unspecified atom stereocenters. The predicted molar refractivity (Wildman–Crippen MR) is 74.9 cm³/mol. The van der Waals surface area contributed by atoms with Crippen LogP contribution in [0.15, 0.2) is 18.5 Å². The fourth-order valence-corrected chi connectivity index (χ4v) is 1.66. The van der Waals surface area contributed by atoms with Gasteiger partial charge in [0, 0.05) is 25.0 Å². The van der Waals surface area contributed by atoms with E-state index in [1.165, 1.54) is 0 Å². The number of hydrogen-bond acceptors (Lipinski definition) is 3. The molecule has 1 heterocycles. The molecular weight excluding hydrogens is 226 g/mol. The zero-order valence-corrected chi connectivity index (χ0v) is 11.5. The van der Waals surface area contributed by atoms with E-state index in [2.05, 4.69) is 36.4 Å². The summed E-state index contributed by atoms with van der Waals surface area (Å²) in [6, 6.07) is 2.16. The van der Waals surface area contributed by atoms with E-state index in [9.17, 15) is 4.79 Å². The van der Waals surface area contributed by atoms with E-state index in [-0.39, 0.29) is 5.91 Å². The molecule has 0 spiro atoms. The average Bonchev–Trinajstić information content (AvgIpc) is 2.34. The molecule has 4 nitrogen and oxygen atoms in total. The van der Waals surface area contributed by atoms with E-state index in [4.69, 9.17) is 0 Å². The lowest BCUT2D eigenvalue weighted by molar-refractivity contribution is 0.0952. The molecule has 0 saturated carbocycles. The highest BCUT2D eigenvalue weighted by atomic mass is 16.1. The molecule has 0 aliphatic rings. The van der Waals surface area contributed by atoms with Crippen molar-refractivity contribution in [2.45, 2.75) is 46.1 Å². The Balaban J connectivity index is 2.51. The summed E-state index contributed by atoms with van der Waals surface area (Å²) in [4.78, 5) is 15.9. The number of amides is 1. The standard InChI is InChI=1S/C14H23N3O/c1-4-5-6-7-16-14(18)12-8-13(10-15-9-12)17-11(2)3/h8-11,17H,4-7H2,1-3H3,(H,16,18). The Bertz CT molecular complexity index is 377. The van der Waals surface area contributed by atoms with Crippen molar-refractivity contribution in [3.8, 4) is 0 Å². The summed E-state index contributed by atoms with van der Waals surface area (Å²) in [5, 5.41) is 6.14. The van der Waals surface area contributed by atoms with Crippen molar-refractivity contribution < 1.29 is 4.79 Å². The molecule has 0 aliphatic carbocycles. The van der Waals surface area contributed by atoms with Gasteiger partial charge < -0.3 is 10.6 Å². The van der Waals surface area contributed by atoms with Gasteiger partial charge in [-0.3, -0.25) is 9.78 Å². The Kier molecular flexibility index (Phi) is 6.19. The quantitative estimate of drug-likeness (QED) is 0.731. The summed E-state index contributed by atoms with van der Waals surface area (Å²) in [6.45, 7) is 6.98. The molecule has 0 radical (unpaired) electrons. The molecule has 1 aromatic rings. The van der Waals surface area contributed by atoms with Crippen molar-refractivity contribution in [2.24, 2.45) is 0 Å². The van der Waals surface area contributed by atoms with Gasteiger partial charge in [-0.2, -0.15) is 0 Å². The van der Waals surface area contributed by atoms with Gasteiger partial charge in [0.2, 0.25) is 0 Å². The van der Waals surface area contributed by atoms with E-state index >= 15 is 0 Å². The lowest BCUT2D eigenvalue weighted by atomic mass is 10.2. The lowest BCUT2D eigenvalue weighted by Crippen LogP contribution is -2.24. The molecule has 0 aromatic carbocycles. The minimum absolute atomic E-state index is 0.0500. The number of nitrogens with one attached hydrogen (secondary N) is 2. The Morgan fingerprint density at radius 1 is 1.33 bits per heavy atom. The van der Waals surface area contributed by atoms with Gasteiger partial charge in [0.05, 0.1) is 11.3 Å². The second-order valence-electron chi connectivity index (χ2n) is 4.72. The highest BCUT2D eigenvalue weighted by Crippen LogP contribution is 2.09. The van der Waals surface area contributed by atoms with E-state index in [0.29, 0.717) is 11.6 Å². The number of hydrogen-bond donors (Lipinski definition) is 2. The van der Waals surface area contributed by atoms with Gasteiger partial charge in [0.15, 0.2) is 0 Å². The second kappa shape index (κ2) is 7.69. The second-order valence-corrected chi connectivity index (χ2v) is 4.72. The van der Waals surface area contributed by atoms with E-state index in [1.54, 1.807) is 12.4 Å². The van der Waals surface area contributed by atoms with E-state index in [0.717, 1.165) is 31.5 Å². The maximum Gasteiger partial charge on any atom is 0.252 e. The normalized spacial score (nSPS) is 10.4. The SMILES string of the molecule is CCCCCNC(=O)c1cncc(NC(C)C)c1. The summed E-state index contributed by atoms with van der Waals surface area (Å²) in [5.41, 5.74) is 1.49. The molecule has 18 heavy (non-hydrogen) atoms. The van der Waals surface area contributed by atoms with Gasteiger partial charge in [-0.15, -0.1) is 0 Å². The first-order valence-electron chi connectivity index (χ1n) is 6.63. The van der Waals surface area contributed by atoms with Crippen LogP contribution in [0, 0.1) is 0 Å².